The molecule has 0 bridgehead atoms. The van der Waals surface area contributed by atoms with Gasteiger partial charge in [0, 0.05) is 6.61 Å². The van der Waals surface area contributed by atoms with Gasteiger partial charge in [-0.25, -0.2) is 0 Å². The van der Waals surface area contributed by atoms with Gasteiger partial charge in [0.2, 0.25) is 0 Å². The van der Waals surface area contributed by atoms with Gasteiger partial charge in [-0.1, -0.05) is 56.2 Å². The molecule has 3 heteroatoms. The quantitative estimate of drug-likeness (QED) is 0.632. The third-order valence-corrected chi connectivity index (χ3v) is 3.78. The van der Waals surface area contributed by atoms with E-state index in [1.807, 2.05) is 13.0 Å². The first-order valence-electron chi connectivity index (χ1n) is 8.43. The van der Waals surface area contributed by atoms with Crippen molar-refractivity contribution < 1.29 is 14.2 Å². The summed E-state index contributed by atoms with van der Waals surface area (Å²) in [7, 11) is 0. The van der Waals surface area contributed by atoms with Crippen LogP contribution >= 0.6 is 0 Å². The molecule has 2 rings (SSSR count). The van der Waals surface area contributed by atoms with Gasteiger partial charge in [-0.3, -0.25) is 0 Å². The molecule has 0 saturated carbocycles. The minimum Gasteiger partial charge on any atom is -0.379 e. The molecular formula is C19H28O3. The minimum absolute atomic E-state index is 0.0512. The molecule has 0 spiro atoms. The highest BCUT2D eigenvalue weighted by atomic mass is 16.7. The molecule has 22 heavy (non-hydrogen) atoms. The van der Waals surface area contributed by atoms with Gasteiger partial charge in [0.1, 0.15) is 6.10 Å². The molecule has 1 fully saturated rings. The number of rotatable bonds is 9. The van der Waals surface area contributed by atoms with Crippen LogP contribution in [0.25, 0.3) is 6.08 Å². The van der Waals surface area contributed by atoms with Crippen molar-refractivity contribution in [2.45, 2.75) is 51.9 Å². The Kier molecular flexibility index (Phi) is 7.64. The zero-order chi connectivity index (χ0) is 15.6. The number of unbranched alkanes of at least 4 members (excludes halogenated alkanes) is 2. The monoisotopic (exact) mass is 304 g/mol. The summed E-state index contributed by atoms with van der Waals surface area (Å²) in [6.45, 7) is 6.17. The Morgan fingerprint density at radius 3 is 2.77 bits per heavy atom. The molecule has 0 unspecified atom stereocenters. The molecule has 1 aliphatic rings. The minimum atomic E-state index is -0.220. The van der Waals surface area contributed by atoms with Gasteiger partial charge in [-0.15, -0.1) is 0 Å². The summed E-state index contributed by atoms with van der Waals surface area (Å²) in [6, 6.07) is 10.4. The summed E-state index contributed by atoms with van der Waals surface area (Å²) >= 11 is 0. The van der Waals surface area contributed by atoms with Gasteiger partial charge in [0.25, 0.3) is 0 Å². The van der Waals surface area contributed by atoms with Crippen molar-refractivity contribution in [3.63, 3.8) is 0 Å². The Morgan fingerprint density at radius 1 is 1.23 bits per heavy atom. The van der Waals surface area contributed by atoms with Crippen LogP contribution in [-0.4, -0.2) is 32.2 Å². The summed E-state index contributed by atoms with van der Waals surface area (Å²) in [4.78, 5) is 0. The fraction of sp³-hybridized carbons (Fsp3) is 0.579. The van der Waals surface area contributed by atoms with Crippen LogP contribution in [0.15, 0.2) is 35.9 Å². The Bertz CT molecular complexity index is 441. The summed E-state index contributed by atoms with van der Waals surface area (Å²) in [6.07, 6.45) is 6.70. The molecular weight excluding hydrogens is 276 g/mol. The first-order valence-corrected chi connectivity index (χ1v) is 8.43. The Labute approximate surface area is 134 Å². The number of ether oxygens (including phenoxy) is 3. The van der Waals surface area contributed by atoms with Crippen LogP contribution in [-0.2, 0) is 14.2 Å². The predicted octanol–water partition coefficient (Wildman–Crippen LogP) is 4.43. The highest BCUT2D eigenvalue weighted by molar-refractivity contribution is 5.53. The maximum Gasteiger partial charge on any atom is 0.180 e. The second-order valence-electron chi connectivity index (χ2n) is 5.67. The summed E-state index contributed by atoms with van der Waals surface area (Å²) in [5.41, 5.74) is 2.44. The molecule has 1 saturated heterocycles. The average molecular weight is 304 g/mol. The molecule has 1 aliphatic heterocycles. The van der Waals surface area contributed by atoms with Crippen LogP contribution in [0, 0.1) is 0 Å². The van der Waals surface area contributed by atoms with Gasteiger partial charge in [-0.2, -0.15) is 0 Å². The third kappa shape index (κ3) is 5.56. The molecule has 0 aliphatic carbocycles. The third-order valence-electron chi connectivity index (χ3n) is 3.78. The number of hydrogen-bond donors (Lipinski definition) is 0. The van der Waals surface area contributed by atoms with Gasteiger partial charge in [0.05, 0.1) is 13.2 Å². The number of hydrogen-bond acceptors (Lipinski definition) is 3. The van der Waals surface area contributed by atoms with Crippen molar-refractivity contribution in [3.05, 3.63) is 41.5 Å². The van der Waals surface area contributed by atoms with E-state index >= 15 is 0 Å². The van der Waals surface area contributed by atoms with Crippen molar-refractivity contribution in [1.82, 2.24) is 0 Å². The Morgan fingerprint density at radius 2 is 2.05 bits per heavy atom. The van der Waals surface area contributed by atoms with Gasteiger partial charge in [-0.05, 0) is 30.9 Å². The zero-order valence-electron chi connectivity index (χ0n) is 13.8. The smallest absolute Gasteiger partial charge is 0.180 e. The van der Waals surface area contributed by atoms with E-state index in [-0.39, 0.29) is 12.4 Å². The first-order chi connectivity index (χ1) is 10.8. The molecule has 1 heterocycles. The lowest BCUT2D eigenvalue weighted by atomic mass is 10.0. The van der Waals surface area contributed by atoms with Crippen LogP contribution in [0.2, 0.25) is 0 Å². The lowest BCUT2D eigenvalue weighted by molar-refractivity contribution is -0.0470. The van der Waals surface area contributed by atoms with Crippen molar-refractivity contribution in [3.8, 4) is 0 Å². The maximum atomic E-state index is 6.01. The predicted molar refractivity (Wildman–Crippen MR) is 89.7 cm³/mol. The van der Waals surface area contributed by atoms with Crippen molar-refractivity contribution in [2.24, 2.45) is 0 Å². The maximum absolute atomic E-state index is 6.01. The normalized spacial score (nSPS) is 22.2. The van der Waals surface area contributed by atoms with E-state index in [1.165, 1.54) is 30.4 Å². The summed E-state index contributed by atoms with van der Waals surface area (Å²) in [5, 5.41) is 0. The number of benzene rings is 1. The van der Waals surface area contributed by atoms with E-state index in [0.717, 1.165) is 6.42 Å². The van der Waals surface area contributed by atoms with E-state index < -0.39 is 0 Å². The van der Waals surface area contributed by atoms with Crippen LogP contribution < -0.4 is 0 Å². The molecule has 1 aromatic rings. The molecule has 0 aromatic heterocycles. The topological polar surface area (TPSA) is 27.7 Å². The molecule has 3 nitrogen and oxygen atoms in total. The average Bonchev–Trinajstić information content (AvgIpc) is 3.02. The fourth-order valence-corrected chi connectivity index (χ4v) is 2.58. The van der Waals surface area contributed by atoms with E-state index in [2.05, 4.69) is 37.3 Å². The SMILES string of the molecule is CCCCC/C(=C\c1ccccc1)[C@@H]1OC[C@H](COCC)O1. The first kappa shape index (κ1) is 17.2. The van der Waals surface area contributed by atoms with E-state index in [1.54, 1.807) is 0 Å². The van der Waals surface area contributed by atoms with Crippen LogP contribution in [0.3, 0.4) is 0 Å². The second kappa shape index (κ2) is 9.78. The molecule has 122 valence electrons. The Balaban J connectivity index is 2.00. The van der Waals surface area contributed by atoms with Crippen LogP contribution in [0.4, 0.5) is 0 Å². The summed E-state index contributed by atoms with van der Waals surface area (Å²) < 4.78 is 17.3. The largest absolute Gasteiger partial charge is 0.379 e. The lowest BCUT2D eigenvalue weighted by Gasteiger charge is -2.16. The van der Waals surface area contributed by atoms with Crippen LogP contribution in [0.5, 0.6) is 0 Å². The fourth-order valence-electron chi connectivity index (χ4n) is 2.58. The highest BCUT2D eigenvalue weighted by Crippen LogP contribution is 2.25. The molecule has 0 amide bonds. The Hall–Kier alpha value is -1.16. The van der Waals surface area contributed by atoms with E-state index in [0.29, 0.717) is 19.8 Å². The second-order valence-corrected chi connectivity index (χ2v) is 5.67. The van der Waals surface area contributed by atoms with Gasteiger partial charge < -0.3 is 14.2 Å². The van der Waals surface area contributed by atoms with E-state index in [4.69, 9.17) is 14.2 Å². The molecule has 2 atom stereocenters. The van der Waals surface area contributed by atoms with Crippen molar-refractivity contribution in [1.29, 1.82) is 0 Å². The zero-order valence-corrected chi connectivity index (χ0v) is 13.8. The highest BCUT2D eigenvalue weighted by Gasteiger charge is 2.28. The van der Waals surface area contributed by atoms with Crippen LogP contribution in [0.1, 0.15) is 45.1 Å². The molecule has 0 radical (unpaired) electrons. The lowest BCUT2D eigenvalue weighted by Crippen LogP contribution is -2.19. The molecule has 1 aromatic carbocycles. The summed E-state index contributed by atoms with van der Waals surface area (Å²) in [5.74, 6) is 0. The van der Waals surface area contributed by atoms with E-state index in [9.17, 15) is 0 Å². The van der Waals surface area contributed by atoms with Crippen molar-refractivity contribution >= 4 is 6.08 Å². The van der Waals surface area contributed by atoms with Gasteiger partial charge in [0.15, 0.2) is 6.29 Å². The molecule has 0 N–H and O–H groups in total. The van der Waals surface area contributed by atoms with Crippen molar-refractivity contribution in [2.75, 3.05) is 19.8 Å². The standard InChI is InChI=1S/C19H28O3/c1-3-5-7-12-17(13-16-10-8-6-9-11-16)19-21-15-18(22-19)14-20-4-2/h6,8-11,13,18-19H,3-5,7,12,14-15H2,1-2H3/b17-13+/t18-,19+/m0/s1. The van der Waals surface area contributed by atoms with Gasteiger partial charge >= 0.3 is 0 Å².